The number of aromatic amines is 1. The SMILES string of the molecule is O=C(CCl)N1CCc2[nH]c3ccc(F)cc3c2C1. The van der Waals surface area contributed by atoms with Crippen LogP contribution in [0.2, 0.25) is 0 Å². The Balaban J connectivity index is 2.05. The van der Waals surface area contributed by atoms with Crippen molar-refractivity contribution >= 4 is 28.4 Å². The number of aromatic nitrogens is 1. The van der Waals surface area contributed by atoms with E-state index in [0.29, 0.717) is 13.1 Å². The molecule has 1 aromatic heterocycles. The highest BCUT2D eigenvalue weighted by atomic mass is 35.5. The summed E-state index contributed by atoms with van der Waals surface area (Å²) in [7, 11) is 0. The summed E-state index contributed by atoms with van der Waals surface area (Å²) in [6.07, 6.45) is 0.758. The van der Waals surface area contributed by atoms with Gasteiger partial charge < -0.3 is 9.88 Å². The molecule has 1 aliphatic heterocycles. The Morgan fingerprint density at radius 2 is 2.33 bits per heavy atom. The fourth-order valence-electron chi connectivity index (χ4n) is 2.48. The van der Waals surface area contributed by atoms with Crippen LogP contribution in [0.3, 0.4) is 0 Å². The number of carbonyl (C=O) groups is 1. The van der Waals surface area contributed by atoms with Gasteiger partial charge in [0.2, 0.25) is 5.91 Å². The lowest BCUT2D eigenvalue weighted by molar-refractivity contribution is -0.129. The zero-order valence-electron chi connectivity index (χ0n) is 9.67. The maximum atomic E-state index is 13.3. The Labute approximate surface area is 109 Å². The molecule has 1 N–H and O–H groups in total. The Bertz CT molecular complexity index is 623. The number of fused-ring (bicyclic) bond motifs is 3. The van der Waals surface area contributed by atoms with Crippen LogP contribution in [0.4, 0.5) is 4.39 Å². The minimum atomic E-state index is -0.259. The van der Waals surface area contributed by atoms with E-state index < -0.39 is 0 Å². The lowest BCUT2D eigenvalue weighted by Crippen LogP contribution is -2.36. The summed E-state index contributed by atoms with van der Waals surface area (Å²) < 4.78 is 13.3. The topological polar surface area (TPSA) is 36.1 Å². The predicted octanol–water partition coefficient (Wildman–Crippen LogP) is 2.43. The molecule has 0 fully saturated rings. The number of nitrogens with one attached hydrogen (secondary N) is 1. The molecule has 3 rings (SSSR count). The Morgan fingerprint density at radius 1 is 1.50 bits per heavy atom. The predicted molar refractivity (Wildman–Crippen MR) is 68.1 cm³/mol. The number of hydrogen-bond donors (Lipinski definition) is 1. The number of nitrogens with zero attached hydrogens (tertiary/aromatic N) is 1. The molecule has 0 spiro atoms. The standard InChI is InChI=1S/C13H12ClFN2O/c14-6-13(18)17-4-3-12-10(7-17)9-5-8(15)1-2-11(9)16-12/h1-2,5,16H,3-4,6-7H2. The Kier molecular flexibility index (Phi) is 2.74. The van der Waals surface area contributed by atoms with Crippen LogP contribution in [-0.4, -0.2) is 28.2 Å². The molecule has 18 heavy (non-hydrogen) atoms. The van der Waals surface area contributed by atoms with Crippen LogP contribution in [0.5, 0.6) is 0 Å². The third kappa shape index (κ3) is 1.77. The van der Waals surface area contributed by atoms with Crippen LogP contribution in [0.1, 0.15) is 11.3 Å². The van der Waals surface area contributed by atoms with Gasteiger partial charge in [-0.25, -0.2) is 4.39 Å². The molecule has 0 unspecified atom stereocenters. The van der Waals surface area contributed by atoms with Gasteiger partial charge in [0.15, 0.2) is 0 Å². The second-order valence-electron chi connectivity index (χ2n) is 4.47. The first kappa shape index (κ1) is 11.5. The summed E-state index contributed by atoms with van der Waals surface area (Å²) in [5.41, 5.74) is 3.02. The van der Waals surface area contributed by atoms with Crippen LogP contribution in [0, 0.1) is 5.82 Å². The zero-order valence-corrected chi connectivity index (χ0v) is 10.4. The van der Waals surface area contributed by atoms with Gasteiger partial charge in [0.05, 0.1) is 0 Å². The maximum absolute atomic E-state index is 13.3. The fourth-order valence-corrected chi connectivity index (χ4v) is 2.65. The van der Waals surface area contributed by atoms with Gasteiger partial charge >= 0.3 is 0 Å². The highest BCUT2D eigenvalue weighted by Gasteiger charge is 2.23. The monoisotopic (exact) mass is 266 g/mol. The third-order valence-electron chi connectivity index (χ3n) is 3.40. The van der Waals surface area contributed by atoms with Gasteiger partial charge in [-0.2, -0.15) is 0 Å². The van der Waals surface area contributed by atoms with E-state index in [1.54, 1.807) is 11.0 Å². The first-order valence-corrected chi connectivity index (χ1v) is 6.35. The van der Waals surface area contributed by atoms with Crippen molar-refractivity contribution in [1.29, 1.82) is 0 Å². The quantitative estimate of drug-likeness (QED) is 0.791. The lowest BCUT2D eigenvalue weighted by Gasteiger charge is -2.26. The van der Waals surface area contributed by atoms with Gasteiger partial charge in [-0.3, -0.25) is 4.79 Å². The fraction of sp³-hybridized carbons (Fsp3) is 0.308. The van der Waals surface area contributed by atoms with Crippen molar-refractivity contribution in [3.05, 3.63) is 35.3 Å². The van der Waals surface area contributed by atoms with E-state index in [-0.39, 0.29) is 17.6 Å². The van der Waals surface area contributed by atoms with Gasteiger partial charge in [0.25, 0.3) is 0 Å². The molecule has 3 nitrogen and oxygen atoms in total. The van der Waals surface area contributed by atoms with Crippen molar-refractivity contribution in [2.24, 2.45) is 0 Å². The first-order valence-electron chi connectivity index (χ1n) is 5.82. The van der Waals surface area contributed by atoms with E-state index in [2.05, 4.69) is 4.98 Å². The number of carbonyl (C=O) groups excluding carboxylic acids is 1. The van der Waals surface area contributed by atoms with Crippen molar-refractivity contribution in [3.8, 4) is 0 Å². The smallest absolute Gasteiger partial charge is 0.237 e. The van der Waals surface area contributed by atoms with E-state index in [1.165, 1.54) is 12.1 Å². The van der Waals surface area contributed by atoms with Crippen molar-refractivity contribution in [1.82, 2.24) is 9.88 Å². The number of amides is 1. The Morgan fingerprint density at radius 3 is 3.11 bits per heavy atom. The average molecular weight is 267 g/mol. The molecule has 1 amide bonds. The molecule has 0 radical (unpaired) electrons. The zero-order chi connectivity index (χ0) is 12.7. The summed E-state index contributed by atoms with van der Waals surface area (Å²) in [4.78, 5) is 16.6. The number of hydrogen-bond acceptors (Lipinski definition) is 1. The highest BCUT2D eigenvalue weighted by Crippen LogP contribution is 2.28. The molecule has 1 aliphatic rings. The van der Waals surface area contributed by atoms with E-state index in [0.717, 1.165) is 28.6 Å². The normalized spacial score (nSPS) is 14.9. The number of rotatable bonds is 1. The average Bonchev–Trinajstić information content (AvgIpc) is 2.75. The molecular formula is C13H12ClFN2O. The van der Waals surface area contributed by atoms with Gasteiger partial charge in [-0.05, 0) is 18.2 Å². The Hall–Kier alpha value is -1.55. The molecule has 0 bridgehead atoms. The largest absolute Gasteiger partial charge is 0.358 e. The minimum absolute atomic E-state index is 0.00789. The van der Waals surface area contributed by atoms with Crippen LogP contribution in [0.15, 0.2) is 18.2 Å². The molecule has 0 atom stereocenters. The summed E-state index contributed by atoms with van der Waals surface area (Å²) in [6, 6.07) is 4.68. The van der Waals surface area contributed by atoms with E-state index in [4.69, 9.17) is 11.6 Å². The van der Waals surface area contributed by atoms with E-state index in [9.17, 15) is 9.18 Å². The molecule has 5 heteroatoms. The van der Waals surface area contributed by atoms with Crippen LogP contribution < -0.4 is 0 Å². The van der Waals surface area contributed by atoms with Crippen molar-refractivity contribution in [2.75, 3.05) is 12.4 Å². The second kappa shape index (κ2) is 4.28. The van der Waals surface area contributed by atoms with Crippen LogP contribution in [-0.2, 0) is 17.8 Å². The summed E-state index contributed by atoms with van der Waals surface area (Å²) in [5, 5.41) is 0.858. The highest BCUT2D eigenvalue weighted by molar-refractivity contribution is 6.27. The molecule has 0 saturated carbocycles. The lowest BCUT2D eigenvalue weighted by atomic mass is 10.0. The summed E-state index contributed by atoms with van der Waals surface area (Å²) in [6.45, 7) is 1.16. The van der Waals surface area contributed by atoms with Crippen molar-refractivity contribution in [3.63, 3.8) is 0 Å². The maximum Gasteiger partial charge on any atom is 0.237 e. The number of alkyl halides is 1. The van der Waals surface area contributed by atoms with Gasteiger partial charge in [0.1, 0.15) is 11.7 Å². The van der Waals surface area contributed by atoms with Crippen LogP contribution >= 0.6 is 11.6 Å². The molecular weight excluding hydrogens is 255 g/mol. The summed E-state index contributed by atoms with van der Waals surface area (Å²) >= 11 is 5.57. The van der Waals surface area contributed by atoms with Crippen molar-refractivity contribution in [2.45, 2.75) is 13.0 Å². The van der Waals surface area contributed by atoms with E-state index in [1.807, 2.05) is 0 Å². The molecule has 0 aliphatic carbocycles. The third-order valence-corrected chi connectivity index (χ3v) is 3.63. The van der Waals surface area contributed by atoms with Crippen LogP contribution in [0.25, 0.3) is 10.9 Å². The van der Waals surface area contributed by atoms with Gasteiger partial charge in [0, 0.05) is 41.7 Å². The number of H-pyrrole nitrogens is 1. The van der Waals surface area contributed by atoms with Crippen molar-refractivity contribution < 1.29 is 9.18 Å². The molecule has 0 saturated heterocycles. The first-order chi connectivity index (χ1) is 8.69. The molecule has 94 valence electrons. The molecule has 1 aromatic carbocycles. The van der Waals surface area contributed by atoms with E-state index >= 15 is 0 Å². The van der Waals surface area contributed by atoms with Gasteiger partial charge in [-0.15, -0.1) is 11.6 Å². The molecule has 2 aromatic rings. The minimum Gasteiger partial charge on any atom is -0.358 e. The number of halogens is 2. The second-order valence-corrected chi connectivity index (χ2v) is 4.74. The number of benzene rings is 1. The molecule has 2 heterocycles. The summed E-state index contributed by atoms with van der Waals surface area (Å²) in [5.74, 6) is -0.343. The van der Waals surface area contributed by atoms with Gasteiger partial charge in [-0.1, -0.05) is 0 Å².